The molecule has 1 aromatic rings. The highest BCUT2D eigenvalue weighted by molar-refractivity contribution is 9.10. The molecule has 0 atom stereocenters. The maximum absolute atomic E-state index is 12.7. The van der Waals surface area contributed by atoms with Crippen molar-refractivity contribution in [1.82, 2.24) is 5.32 Å². The van der Waals surface area contributed by atoms with Gasteiger partial charge in [0.1, 0.15) is 5.82 Å². The Balaban J connectivity index is 2.42. The van der Waals surface area contributed by atoms with Crippen molar-refractivity contribution in [2.24, 2.45) is 0 Å². The minimum atomic E-state index is -0.240. The van der Waals surface area contributed by atoms with Crippen molar-refractivity contribution < 1.29 is 9.50 Å². The van der Waals surface area contributed by atoms with E-state index in [1.807, 2.05) is 0 Å². The SMILES string of the molecule is OCCCNCc1ccc(F)cc1Br. The minimum Gasteiger partial charge on any atom is -0.396 e. The van der Waals surface area contributed by atoms with Gasteiger partial charge in [0.25, 0.3) is 0 Å². The molecule has 0 heterocycles. The van der Waals surface area contributed by atoms with Crippen LogP contribution >= 0.6 is 15.9 Å². The molecule has 0 aliphatic rings. The summed E-state index contributed by atoms with van der Waals surface area (Å²) in [4.78, 5) is 0. The van der Waals surface area contributed by atoms with Crippen LogP contribution in [-0.4, -0.2) is 18.3 Å². The highest BCUT2D eigenvalue weighted by Crippen LogP contribution is 2.17. The summed E-state index contributed by atoms with van der Waals surface area (Å²) in [6.45, 7) is 1.64. The van der Waals surface area contributed by atoms with Gasteiger partial charge in [-0.3, -0.25) is 0 Å². The summed E-state index contributed by atoms with van der Waals surface area (Å²) in [5, 5.41) is 11.7. The van der Waals surface area contributed by atoms with Gasteiger partial charge in [0.15, 0.2) is 0 Å². The smallest absolute Gasteiger partial charge is 0.124 e. The van der Waals surface area contributed by atoms with Gasteiger partial charge in [0, 0.05) is 17.6 Å². The van der Waals surface area contributed by atoms with Crippen molar-refractivity contribution in [3.8, 4) is 0 Å². The van der Waals surface area contributed by atoms with Crippen molar-refractivity contribution in [2.45, 2.75) is 13.0 Å². The molecule has 0 radical (unpaired) electrons. The van der Waals surface area contributed by atoms with Crippen molar-refractivity contribution in [3.63, 3.8) is 0 Å². The van der Waals surface area contributed by atoms with Crippen LogP contribution in [0.1, 0.15) is 12.0 Å². The summed E-state index contributed by atoms with van der Waals surface area (Å²) < 4.78 is 13.5. The lowest BCUT2D eigenvalue weighted by molar-refractivity contribution is 0.286. The third-order valence-electron chi connectivity index (χ3n) is 1.84. The van der Waals surface area contributed by atoms with Crippen LogP contribution < -0.4 is 5.32 Å². The van der Waals surface area contributed by atoms with Crippen LogP contribution in [0.15, 0.2) is 22.7 Å². The Labute approximate surface area is 91.3 Å². The van der Waals surface area contributed by atoms with Gasteiger partial charge in [0.05, 0.1) is 0 Å². The highest BCUT2D eigenvalue weighted by atomic mass is 79.9. The number of aliphatic hydroxyl groups excluding tert-OH is 1. The van der Waals surface area contributed by atoms with Crippen molar-refractivity contribution in [1.29, 1.82) is 0 Å². The fourth-order valence-electron chi connectivity index (χ4n) is 1.09. The largest absolute Gasteiger partial charge is 0.396 e. The first-order valence-electron chi connectivity index (χ1n) is 4.49. The van der Waals surface area contributed by atoms with E-state index in [2.05, 4.69) is 21.2 Å². The monoisotopic (exact) mass is 261 g/mol. The molecule has 0 spiro atoms. The second-order valence-electron chi connectivity index (χ2n) is 2.99. The molecule has 0 aliphatic carbocycles. The lowest BCUT2D eigenvalue weighted by Crippen LogP contribution is -2.15. The summed E-state index contributed by atoms with van der Waals surface area (Å²) in [6, 6.07) is 4.63. The van der Waals surface area contributed by atoms with Gasteiger partial charge in [0.2, 0.25) is 0 Å². The number of benzene rings is 1. The number of rotatable bonds is 5. The Morgan fingerprint density at radius 3 is 2.86 bits per heavy atom. The maximum atomic E-state index is 12.7. The Hall–Kier alpha value is -0.450. The van der Waals surface area contributed by atoms with Gasteiger partial charge in [-0.1, -0.05) is 22.0 Å². The zero-order valence-electron chi connectivity index (χ0n) is 7.76. The van der Waals surface area contributed by atoms with E-state index in [1.165, 1.54) is 12.1 Å². The molecule has 0 saturated heterocycles. The quantitative estimate of drug-likeness (QED) is 0.796. The second-order valence-corrected chi connectivity index (χ2v) is 3.84. The summed E-state index contributed by atoms with van der Waals surface area (Å²) in [6.07, 6.45) is 0.735. The zero-order valence-corrected chi connectivity index (χ0v) is 9.35. The molecular formula is C10H13BrFNO. The Kier molecular flexibility index (Phi) is 5.07. The molecule has 2 nitrogen and oxygen atoms in total. The van der Waals surface area contributed by atoms with E-state index in [9.17, 15) is 4.39 Å². The van der Waals surface area contributed by atoms with Crippen LogP contribution in [0.3, 0.4) is 0 Å². The third kappa shape index (κ3) is 3.74. The van der Waals surface area contributed by atoms with E-state index >= 15 is 0 Å². The molecule has 0 aliphatic heterocycles. The summed E-state index contributed by atoms with van der Waals surface area (Å²) in [7, 11) is 0. The number of hydrogen-bond acceptors (Lipinski definition) is 2. The van der Waals surface area contributed by atoms with Gasteiger partial charge < -0.3 is 10.4 Å². The topological polar surface area (TPSA) is 32.3 Å². The molecule has 0 saturated carbocycles. The zero-order chi connectivity index (χ0) is 10.4. The molecule has 2 N–H and O–H groups in total. The first-order valence-corrected chi connectivity index (χ1v) is 5.29. The lowest BCUT2D eigenvalue weighted by Gasteiger charge is -2.05. The van der Waals surface area contributed by atoms with E-state index in [0.717, 1.165) is 23.0 Å². The molecule has 4 heteroatoms. The first kappa shape index (κ1) is 11.6. The number of hydrogen-bond donors (Lipinski definition) is 2. The Morgan fingerprint density at radius 1 is 1.43 bits per heavy atom. The Bertz CT molecular complexity index is 293. The van der Waals surface area contributed by atoms with E-state index < -0.39 is 0 Å². The van der Waals surface area contributed by atoms with E-state index in [-0.39, 0.29) is 12.4 Å². The molecular weight excluding hydrogens is 249 g/mol. The van der Waals surface area contributed by atoms with Gasteiger partial charge in [-0.05, 0) is 30.7 Å². The predicted octanol–water partition coefficient (Wildman–Crippen LogP) is 2.06. The third-order valence-corrected chi connectivity index (χ3v) is 2.58. The van der Waals surface area contributed by atoms with Crippen LogP contribution in [0.5, 0.6) is 0 Å². The van der Waals surface area contributed by atoms with Crippen molar-refractivity contribution in [2.75, 3.05) is 13.2 Å². The molecule has 14 heavy (non-hydrogen) atoms. The van der Waals surface area contributed by atoms with Gasteiger partial charge >= 0.3 is 0 Å². The summed E-state index contributed by atoms with van der Waals surface area (Å²) in [5.41, 5.74) is 1.02. The molecule has 0 amide bonds. The van der Waals surface area contributed by atoms with Crippen LogP contribution in [-0.2, 0) is 6.54 Å². The van der Waals surface area contributed by atoms with E-state index in [4.69, 9.17) is 5.11 Å². The van der Waals surface area contributed by atoms with E-state index in [0.29, 0.717) is 6.54 Å². The second kappa shape index (κ2) is 6.11. The van der Waals surface area contributed by atoms with Crippen molar-refractivity contribution in [3.05, 3.63) is 34.1 Å². The molecule has 78 valence electrons. The van der Waals surface area contributed by atoms with Crippen LogP contribution in [0.4, 0.5) is 4.39 Å². The normalized spacial score (nSPS) is 10.5. The molecule has 0 aromatic heterocycles. The Morgan fingerprint density at radius 2 is 2.21 bits per heavy atom. The number of nitrogens with one attached hydrogen (secondary N) is 1. The maximum Gasteiger partial charge on any atom is 0.124 e. The van der Waals surface area contributed by atoms with Crippen LogP contribution in [0, 0.1) is 5.82 Å². The van der Waals surface area contributed by atoms with Crippen LogP contribution in [0.25, 0.3) is 0 Å². The average molecular weight is 262 g/mol. The summed E-state index contributed by atoms with van der Waals surface area (Å²) >= 11 is 3.29. The fraction of sp³-hybridized carbons (Fsp3) is 0.400. The highest BCUT2D eigenvalue weighted by Gasteiger charge is 2.00. The standard InChI is InChI=1S/C10H13BrFNO/c11-10-6-9(12)3-2-8(10)7-13-4-1-5-14/h2-3,6,13-14H,1,4-5,7H2. The predicted molar refractivity (Wildman–Crippen MR) is 57.5 cm³/mol. The number of aliphatic hydroxyl groups is 1. The fourth-order valence-corrected chi connectivity index (χ4v) is 1.58. The van der Waals surface area contributed by atoms with Crippen LogP contribution in [0.2, 0.25) is 0 Å². The average Bonchev–Trinajstić information content (AvgIpc) is 2.15. The summed E-state index contributed by atoms with van der Waals surface area (Å²) in [5.74, 6) is -0.240. The molecule has 0 unspecified atom stereocenters. The van der Waals surface area contributed by atoms with Gasteiger partial charge in [-0.15, -0.1) is 0 Å². The molecule has 1 rings (SSSR count). The molecule has 0 bridgehead atoms. The van der Waals surface area contributed by atoms with E-state index in [1.54, 1.807) is 6.07 Å². The van der Waals surface area contributed by atoms with Gasteiger partial charge in [-0.25, -0.2) is 4.39 Å². The minimum absolute atomic E-state index is 0.192. The van der Waals surface area contributed by atoms with Crippen molar-refractivity contribution >= 4 is 15.9 Å². The first-order chi connectivity index (χ1) is 6.74. The lowest BCUT2D eigenvalue weighted by atomic mass is 10.2. The van der Waals surface area contributed by atoms with Gasteiger partial charge in [-0.2, -0.15) is 0 Å². The molecule has 0 fully saturated rings. The number of halogens is 2. The molecule has 1 aromatic carbocycles.